The minimum atomic E-state index is 0.728. The molecule has 0 amide bonds. The first-order chi connectivity index (χ1) is 9.33. The topological polar surface area (TPSA) is 54.6 Å². The van der Waals surface area contributed by atoms with E-state index >= 15 is 0 Å². The van der Waals surface area contributed by atoms with Gasteiger partial charge in [-0.3, -0.25) is 4.90 Å². The number of rotatable bonds is 3. The Labute approximate surface area is 114 Å². The fraction of sp³-hybridized carbons (Fsp3) is 0.643. The van der Waals surface area contributed by atoms with Gasteiger partial charge in [0, 0.05) is 45.5 Å². The Morgan fingerprint density at radius 2 is 2.16 bits per heavy atom. The lowest BCUT2D eigenvalue weighted by Gasteiger charge is -2.36. The van der Waals surface area contributed by atoms with Gasteiger partial charge in [-0.1, -0.05) is 0 Å². The van der Waals surface area contributed by atoms with Crippen molar-refractivity contribution in [2.24, 2.45) is 5.92 Å². The molecule has 2 aliphatic rings. The van der Waals surface area contributed by atoms with Crippen molar-refractivity contribution in [3.63, 3.8) is 0 Å². The molecule has 3 rings (SSSR count). The van der Waals surface area contributed by atoms with Crippen LogP contribution in [0.25, 0.3) is 0 Å². The number of hydrogen-bond acceptors (Lipinski definition) is 5. The van der Waals surface area contributed by atoms with E-state index < -0.39 is 0 Å². The van der Waals surface area contributed by atoms with E-state index in [0.29, 0.717) is 0 Å². The molecule has 19 heavy (non-hydrogen) atoms. The first-order valence-electron chi connectivity index (χ1n) is 7.08. The zero-order valence-corrected chi connectivity index (χ0v) is 11.3. The molecule has 0 bridgehead atoms. The Morgan fingerprint density at radius 1 is 1.32 bits per heavy atom. The van der Waals surface area contributed by atoms with E-state index in [-0.39, 0.29) is 0 Å². The Hall–Kier alpha value is -1.33. The molecule has 2 aliphatic heterocycles. The van der Waals surface area contributed by atoms with Gasteiger partial charge in [0.05, 0.1) is 12.3 Å². The summed E-state index contributed by atoms with van der Waals surface area (Å²) < 4.78 is 5.44. The molecule has 1 atom stereocenters. The van der Waals surface area contributed by atoms with Crippen LogP contribution in [-0.2, 0) is 4.74 Å². The normalized spacial score (nSPS) is 24.8. The number of piperazine rings is 1. The zero-order chi connectivity index (χ0) is 13.1. The molecule has 0 saturated carbocycles. The lowest BCUT2D eigenvalue weighted by Crippen LogP contribution is -2.48. The van der Waals surface area contributed by atoms with Crippen molar-refractivity contribution in [3.8, 4) is 0 Å². The van der Waals surface area contributed by atoms with E-state index in [0.717, 1.165) is 56.8 Å². The summed E-state index contributed by atoms with van der Waals surface area (Å²) in [5, 5.41) is 0. The van der Waals surface area contributed by atoms with Crippen molar-refractivity contribution in [2.45, 2.75) is 6.42 Å². The quantitative estimate of drug-likeness (QED) is 0.874. The highest BCUT2D eigenvalue weighted by Gasteiger charge is 2.23. The Bertz CT molecular complexity index is 412. The molecule has 1 aromatic heterocycles. The van der Waals surface area contributed by atoms with Gasteiger partial charge >= 0.3 is 0 Å². The summed E-state index contributed by atoms with van der Waals surface area (Å²) in [6.45, 7) is 7.25. The summed E-state index contributed by atoms with van der Waals surface area (Å²) in [5.41, 5.74) is 6.76. The molecular weight excluding hydrogens is 240 g/mol. The second-order valence-corrected chi connectivity index (χ2v) is 5.43. The summed E-state index contributed by atoms with van der Waals surface area (Å²) in [6, 6.07) is 3.81. The van der Waals surface area contributed by atoms with Crippen molar-refractivity contribution < 1.29 is 4.74 Å². The summed E-state index contributed by atoms with van der Waals surface area (Å²) in [5.74, 6) is 1.66. The molecule has 2 saturated heterocycles. The Kier molecular flexibility index (Phi) is 3.84. The van der Waals surface area contributed by atoms with E-state index in [1.807, 2.05) is 18.3 Å². The molecule has 0 spiro atoms. The van der Waals surface area contributed by atoms with E-state index in [2.05, 4.69) is 14.8 Å². The summed E-state index contributed by atoms with van der Waals surface area (Å²) >= 11 is 0. The van der Waals surface area contributed by atoms with Gasteiger partial charge in [0.15, 0.2) is 5.82 Å². The van der Waals surface area contributed by atoms with E-state index in [4.69, 9.17) is 10.5 Å². The van der Waals surface area contributed by atoms with Crippen LogP contribution in [0.1, 0.15) is 6.42 Å². The van der Waals surface area contributed by atoms with Crippen LogP contribution in [0.2, 0.25) is 0 Å². The monoisotopic (exact) mass is 262 g/mol. The second kappa shape index (κ2) is 5.75. The van der Waals surface area contributed by atoms with Crippen molar-refractivity contribution in [3.05, 3.63) is 18.3 Å². The molecule has 5 heteroatoms. The summed E-state index contributed by atoms with van der Waals surface area (Å²) in [6.07, 6.45) is 3.03. The van der Waals surface area contributed by atoms with Gasteiger partial charge in [0.1, 0.15) is 0 Å². The number of nitrogens with two attached hydrogens (primary N) is 1. The molecule has 2 N–H and O–H groups in total. The molecule has 104 valence electrons. The van der Waals surface area contributed by atoms with Crippen LogP contribution in [0.3, 0.4) is 0 Å². The van der Waals surface area contributed by atoms with Crippen molar-refractivity contribution in [2.75, 3.05) is 56.6 Å². The number of pyridine rings is 1. The predicted octanol–water partition coefficient (Wildman–Crippen LogP) is 0.822. The lowest BCUT2D eigenvalue weighted by molar-refractivity contribution is 0.164. The molecular formula is C14H22N4O. The van der Waals surface area contributed by atoms with E-state index in [1.54, 1.807) is 0 Å². The number of nitrogen functional groups attached to an aromatic ring is 1. The maximum absolute atomic E-state index is 5.98. The molecule has 0 aliphatic carbocycles. The molecule has 3 heterocycles. The highest BCUT2D eigenvalue weighted by molar-refractivity contribution is 5.62. The van der Waals surface area contributed by atoms with Crippen LogP contribution in [0.4, 0.5) is 11.5 Å². The molecule has 0 aromatic carbocycles. The van der Waals surface area contributed by atoms with E-state index in [1.165, 1.54) is 13.0 Å². The molecule has 1 unspecified atom stereocenters. The Morgan fingerprint density at radius 3 is 2.84 bits per heavy atom. The fourth-order valence-electron chi connectivity index (χ4n) is 2.91. The maximum atomic E-state index is 5.98. The van der Waals surface area contributed by atoms with Crippen LogP contribution >= 0.6 is 0 Å². The molecule has 1 aromatic rings. The van der Waals surface area contributed by atoms with Gasteiger partial charge in [0.25, 0.3) is 0 Å². The highest BCUT2D eigenvalue weighted by Crippen LogP contribution is 2.21. The van der Waals surface area contributed by atoms with Crippen LogP contribution in [0.5, 0.6) is 0 Å². The highest BCUT2D eigenvalue weighted by atomic mass is 16.5. The molecule has 5 nitrogen and oxygen atoms in total. The predicted molar refractivity (Wildman–Crippen MR) is 76.2 cm³/mol. The first-order valence-corrected chi connectivity index (χ1v) is 7.08. The Balaban J connectivity index is 1.53. The van der Waals surface area contributed by atoms with Gasteiger partial charge in [-0.15, -0.1) is 0 Å². The third kappa shape index (κ3) is 2.98. The van der Waals surface area contributed by atoms with Gasteiger partial charge in [-0.2, -0.15) is 0 Å². The van der Waals surface area contributed by atoms with E-state index in [9.17, 15) is 0 Å². The summed E-state index contributed by atoms with van der Waals surface area (Å²) in [4.78, 5) is 9.22. The van der Waals surface area contributed by atoms with Gasteiger partial charge in [-0.05, 0) is 24.5 Å². The van der Waals surface area contributed by atoms with Gasteiger partial charge in [-0.25, -0.2) is 4.98 Å². The third-order valence-corrected chi connectivity index (χ3v) is 4.03. The van der Waals surface area contributed by atoms with Crippen molar-refractivity contribution in [1.82, 2.24) is 9.88 Å². The lowest BCUT2D eigenvalue weighted by atomic mass is 10.1. The van der Waals surface area contributed by atoms with Crippen LogP contribution in [-0.4, -0.2) is 55.8 Å². The van der Waals surface area contributed by atoms with Gasteiger partial charge in [0.2, 0.25) is 0 Å². The zero-order valence-electron chi connectivity index (χ0n) is 11.3. The van der Waals surface area contributed by atoms with Crippen LogP contribution < -0.4 is 10.6 Å². The second-order valence-electron chi connectivity index (χ2n) is 5.43. The molecule has 0 radical (unpaired) electrons. The van der Waals surface area contributed by atoms with Crippen molar-refractivity contribution in [1.29, 1.82) is 0 Å². The SMILES string of the molecule is Nc1cccnc1N1CCN(CC2CCOC2)CC1. The number of hydrogen-bond donors (Lipinski definition) is 1. The van der Waals surface area contributed by atoms with Crippen LogP contribution in [0, 0.1) is 5.92 Å². The minimum Gasteiger partial charge on any atom is -0.396 e. The fourth-order valence-corrected chi connectivity index (χ4v) is 2.91. The average molecular weight is 262 g/mol. The number of aromatic nitrogens is 1. The average Bonchev–Trinajstić information content (AvgIpc) is 2.93. The van der Waals surface area contributed by atoms with Crippen LogP contribution in [0.15, 0.2) is 18.3 Å². The number of nitrogens with zero attached hydrogens (tertiary/aromatic N) is 3. The molecule has 2 fully saturated rings. The summed E-state index contributed by atoms with van der Waals surface area (Å²) in [7, 11) is 0. The standard InChI is InChI=1S/C14H22N4O/c15-13-2-1-4-16-14(13)18-7-5-17(6-8-18)10-12-3-9-19-11-12/h1-2,4,12H,3,5-11,15H2. The minimum absolute atomic E-state index is 0.728. The van der Waals surface area contributed by atoms with Crippen molar-refractivity contribution >= 4 is 11.5 Å². The van der Waals surface area contributed by atoms with Gasteiger partial charge < -0.3 is 15.4 Å². The smallest absolute Gasteiger partial charge is 0.151 e. The largest absolute Gasteiger partial charge is 0.396 e. The third-order valence-electron chi connectivity index (χ3n) is 4.03. The first kappa shape index (κ1) is 12.7. The number of anilines is 2. The maximum Gasteiger partial charge on any atom is 0.151 e. The number of ether oxygens (including phenoxy) is 1.